The van der Waals surface area contributed by atoms with Gasteiger partial charge in [0.25, 0.3) is 0 Å². The van der Waals surface area contributed by atoms with E-state index >= 15 is 0 Å². The molecule has 1 aliphatic rings. The molecule has 1 aromatic rings. The first-order valence-electron chi connectivity index (χ1n) is 6.45. The average molecular weight is 286 g/mol. The quantitative estimate of drug-likeness (QED) is 0.880. The summed E-state index contributed by atoms with van der Waals surface area (Å²) < 4.78 is 40.0. The predicted octanol–water partition coefficient (Wildman–Crippen LogP) is 1.41. The summed E-state index contributed by atoms with van der Waals surface area (Å²) in [7, 11) is -3.62. The fourth-order valence-corrected chi connectivity index (χ4v) is 3.28. The molecule has 0 aromatic heterocycles. The number of sulfonamides is 1. The van der Waals surface area contributed by atoms with Gasteiger partial charge >= 0.3 is 0 Å². The number of hydrogen-bond acceptors (Lipinski definition) is 3. The molecule has 106 valence electrons. The van der Waals surface area contributed by atoms with Crippen LogP contribution < -0.4 is 10.0 Å². The molecule has 1 fully saturated rings. The van der Waals surface area contributed by atoms with Crippen LogP contribution >= 0.6 is 0 Å². The maximum atomic E-state index is 13.4. The monoisotopic (exact) mass is 286 g/mol. The molecule has 0 unspecified atom stereocenters. The lowest BCUT2D eigenvalue weighted by Crippen LogP contribution is -2.38. The fourth-order valence-electron chi connectivity index (χ4n) is 2.15. The lowest BCUT2D eigenvalue weighted by Gasteiger charge is -2.22. The second kappa shape index (κ2) is 5.98. The third-order valence-corrected chi connectivity index (χ3v) is 4.84. The van der Waals surface area contributed by atoms with Crippen molar-refractivity contribution in [3.63, 3.8) is 0 Å². The molecular weight excluding hydrogens is 267 g/mol. The average Bonchev–Trinajstić information content (AvgIpc) is 2.41. The van der Waals surface area contributed by atoms with Gasteiger partial charge in [-0.3, -0.25) is 0 Å². The fraction of sp³-hybridized carbons (Fsp3) is 0.538. The normalized spacial score (nSPS) is 20.4. The van der Waals surface area contributed by atoms with Crippen LogP contribution in [0.2, 0.25) is 0 Å². The van der Waals surface area contributed by atoms with Crippen molar-refractivity contribution in [2.45, 2.75) is 24.7 Å². The SMILES string of the molecule is Cc1ccc(S(=O)(=O)NC[C@@H]2CCCNC2)cc1F. The second-order valence-corrected chi connectivity index (χ2v) is 6.74. The van der Waals surface area contributed by atoms with Crippen molar-refractivity contribution in [1.82, 2.24) is 10.0 Å². The van der Waals surface area contributed by atoms with Crippen LogP contribution in [-0.4, -0.2) is 28.1 Å². The maximum Gasteiger partial charge on any atom is 0.240 e. The molecule has 1 aromatic carbocycles. The summed E-state index contributed by atoms with van der Waals surface area (Å²) in [5.74, 6) is -0.193. The first kappa shape index (κ1) is 14.4. The standard InChI is InChI=1S/C13H19FN2O2S/c1-10-4-5-12(7-13(10)14)19(17,18)16-9-11-3-2-6-15-8-11/h4-5,7,11,15-16H,2-3,6,8-9H2,1H3/t11-/m1/s1. The molecule has 2 rings (SSSR count). The molecule has 1 atom stereocenters. The summed E-state index contributed by atoms with van der Waals surface area (Å²) in [5, 5.41) is 3.23. The minimum Gasteiger partial charge on any atom is -0.316 e. The van der Waals surface area contributed by atoms with E-state index in [1.807, 2.05) is 0 Å². The zero-order chi connectivity index (χ0) is 13.9. The van der Waals surface area contributed by atoms with E-state index < -0.39 is 15.8 Å². The number of rotatable bonds is 4. The van der Waals surface area contributed by atoms with Gasteiger partial charge < -0.3 is 5.32 Å². The van der Waals surface area contributed by atoms with E-state index in [9.17, 15) is 12.8 Å². The third kappa shape index (κ3) is 3.75. The number of nitrogens with one attached hydrogen (secondary N) is 2. The second-order valence-electron chi connectivity index (χ2n) is 4.98. The Morgan fingerprint density at radius 2 is 2.26 bits per heavy atom. The number of piperidine rings is 1. The van der Waals surface area contributed by atoms with Gasteiger partial charge in [-0.25, -0.2) is 17.5 Å². The lowest BCUT2D eigenvalue weighted by atomic mass is 10.0. The van der Waals surface area contributed by atoms with Crippen LogP contribution in [0, 0.1) is 18.7 Å². The van der Waals surface area contributed by atoms with E-state index in [1.165, 1.54) is 12.1 Å². The highest BCUT2D eigenvalue weighted by atomic mass is 32.2. The molecule has 1 saturated heterocycles. The summed E-state index contributed by atoms with van der Waals surface area (Å²) in [6.07, 6.45) is 2.07. The molecule has 0 bridgehead atoms. The molecule has 19 heavy (non-hydrogen) atoms. The highest BCUT2D eigenvalue weighted by Crippen LogP contribution is 2.15. The van der Waals surface area contributed by atoms with Gasteiger partial charge in [0.2, 0.25) is 10.0 Å². The van der Waals surface area contributed by atoms with Crippen LogP contribution in [0.4, 0.5) is 4.39 Å². The number of halogens is 1. The van der Waals surface area contributed by atoms with Gasteiger partial charge in [0.15, 0.2) is 0 Å². The van der Waals surface area contributed by atoms with Crippen LogP contribution in [0.15, 0.2) is 23.1 Å². The smallest absolute Gasteiger partial charge is 0.240 e. The van der Waals surface area contributed by atoms with E-state index in [-0.39, 0.29) is 4.90 Å². The van der Waals surface area contributed by atoms with Crippen LogP contribution in [0.3, 0.4) is 0 Å². The maximum absolute atomic E-state index is 13.4. The molecule has 6 heteroatoms. The molecule has 2 N–H and O–H groups in total. The van der Waals surface area contributed by atoms with Gasteiger partial charge in [-0.15, -0.1) is 0 Å². The zero-order valence-electron chi connectivity index (χ0n) is 10.9. The number of hydrogen-bond donors (Lipinski definition) is 2. The molecule has 0 radical (unpaired) electrons. The van der Waals surface area contributed by atoms with E-state index in [0.717, 1.165) is 32.0 Å². The van der Waals surface area contributed by atoms with Crippen LogP contribution in [-0.2, 0) is 10.0 Å². The largest absolute Gasteiger partial charge is 0.316 e. The van der Waals surface area contributed by atoms with Crippen molar-refractivity contribution in [2.75, 3.05) is 19.6 Å². The summed E-state index contributed by atoms with van der Waals surface area (Å²) in [6, 6.07) is 3.97. The minimum absolute atomic E-state index is 0.0145. The van der Waals surface area contributed by atoms with Crippen molar-refractivity contribution in [3.8, 4) is 0 Å². The molecule has 1 heterocycles. The van der Waals surface area contributed by atoms with E-state index in [2.05, 4.69) is 10.0 Å². The first-order chi connectivity index (χ1) is 8.99. The molecule has 0 aliphatic carbocycles. The Balaban J connectivity index is 2.02. The Morgan fingerprint density at radius 3 is 2.89 bits per heavy atom. The number of benzene rings is 1. The van der Waals surface area contributed by atoms with Gasteiger partial charge in [-0.2, -0.15) is 0 Å². The van der Waals surface area contributed by atoms with E-state index in [0.29, 0.717) is 18.0 Å². The summed E-state index contributed by atoms with van der Waals surface area (Å²) in [6.45, 7) is 3.81. The Hall–Kier alpha value is -0.980. The third-order valence-electron chi connectivity index (χ3n) is 3.41. The minimum atomic E-state index is -3.62. The van der Waals surface area contributed by atoms with Crippen molar-refractivity contribution in [2.24, 2.45) is 5.92 Å². The topological polar surface area (TPSA) is 58.2 Å². The summed E-state index contributed by atoms with van der Waals surface area (Å²) >= 11 is 0. The van der Waals surface area contributed by atoms with Crippen LogP contribution in [0.5, 0.6) is 0 Å². The van der Waals surface area contributed by atoms with Crippen LogP contribution in [0.1, 0.15) is 18.4 Å². The Labute approximate surface area is 113 Å². The van der Waals surface area contributed by atoms with Gasteiger partial charge in [-0.1, -0.05) is 6.07 Å². The molecule has 1 aliphatic heterocycles. The van der Waals surface area contributed by atoms with E-state index in [4.69, 9.17) is 0 Å². The van der Waals surface area contributed by atoms with Gasteiger partial charge in [0.05, 0.1) is 4.90 Å². The zero-order valence-corrected chi connectivity index (χ0v) is 11.8. The van der Waals surface area contributed by atoms with Gasteiger partial charge in [0, 0.05) is 6.54 Å². The summed E-state index contributed by atoms with van der Waals surface area (Å²) in [4.78, 5) is -0.0145. The molecule has 0 spiro atoms. The van der Waals surface area contributed by atoms with E-state index in [1.54, 1.807) is 6.92 Å². The molecule has 0 saturated carbocycles. The van der Waals surface area contributed by atoms with Crippen molar-refractivity contribution in [3.05, 3.63) is 29.6 Å². The van der Waals surface area contributed by atoms with Gasteiger partial charge in [-0.05, 0) is 56.5 Å². The highest BCUT2D eigenvalue weighted by Gasteiger charge is 2.19. The highest BCUT2D eigenvalue weighted by molar-refractivity contribution is 7.89. The Bertz CT molecular complexity index is 540. The van der Waals surface area contributed by atoms with Crippen molar-refractivity contribution in [1.29, 1.82) is 0 Å². The predicted molar refractivity (Wildman–Crippen MR) is 71.9 cm³/mol. The molecular formula is C13H19FN2O2S. The van der Waals surface area contributed by atoms with Crippen molar-refractivity contribution >= 4 is 10.0 Å². The van der Waals surface area contributed by atoms with Crippen LogP contribution in [0.25, 0.3) is 0 Å². The van der Waals surface area contributed by atoms with Crippen molar-refractivity contribution < 1.29 is 12.8 Å². The summed E-state index contributed by atoms with van der Waals surface area (Å²) in [5.41, 5.74) is 0.440. The Kier molecular flexibility index (Phi) is 4.54. The molecule has 0 amide bonds. The lowest BCUT2D eigenvalue weighted by molar-refractivity contribution is 0.376. The van der Waals surface area contributed by atoms with Gasteiger partial charge in [0.1, 0.15) is 5.82 Å². The molecule has 4 nitrogen and oxygen atoms in total. The Morgan fingerprint density at radius 1 is 1.47 bits per heavy atom. The first-order valence-corrected chi connectivity index (χ1v) is 7.94. The number of aryl methyl sites for hydroxylation is 1.